The molecule has 0 spiro atoms. The van der Waals surface area contributed by atoms with Gasteiger partial charge in [-0.15, -0.1) is 0 Å². The van der Waals surface area contributed by atoms with Crippen molar-refractivity contribution < 1.29 is 36.8 Å². The number of rotatable bonds is 11. The standard InChI is InChI=1S/C25H34O8S/c1-7-11-34(26,27)23-15-17(14-22(30-5)25(23)32-8-2)19-10-9-18(33-19)16-12-20(28-3)24(31-6)21(13-16)29-4/h12-15,18-19H,7-11H2,1-6H3/t18-,19-/m0/s1. The number of methoxy groups -OCH3 is 4. The highest BCUT2D eigenvalue weighted by Gasteiger charge is 2.32. The minimum Gasteiger partial charge on any atom is -0.493 e. The van der Waals surface area contributed by atoms with Gasteiger partial charge in [-0.25, -0.2) is 8.42 Å². The smallest absolute Gasteiger partial charge is 0.203 e. The molecule has 8 nitrogen and oxygen atoms in total. The topological polar surface area (TPSA) is 89.5 Å². The highest BCUT2D eigenvalue weighted by molar-refractivity contribution is 7.91. The van der Waals surface area contributed by atoms with E-state index in [4.69, 9.17) is 28.4 Å². The summed E-state index contributed by atoms with van der Waals surface area (Å²) in [5, 5.41) is 0. The quantitative estimate of drug-likeness (QED) is 0.436. The van der Waals surface area contributed by atoms with Crippen molar-refractivity contribution in [3.63, 3.8) is 0 Å². The van der Waals surface area contributed by atoms with Crippen LogP contribution in [0.2, 0.25) is 0 Å². The zero-order valence-electron chi connectivity index (χ0n) is 20.7. The van der Waals surface area contributed by atoms with Gasteiger partial charge in [-0.1, -0.05) is 6.92 Å². The zero-order chi connectivity index (χ0) is 24.9. The summed E-state index contributed by atoms with van der Waals surface area (Å²) in [7, 11) is 2.67. The third-order valence-electron chi connectivity index (χ3n) is 5.81. The van der Waals surface area contributed by atoms with E-state index >= 15 is 0 Å². The Labute approximate surface area is 202 Å². The van der Waals surface area contributed by atoms with Gasteiger partial charge in [0.15, 0.2) is 32.8 Å². The molecule has 2 aromatic carbocycles. The van der Waals surface area contributed by atoms with E-state index in [0.717, 1.165) is 17.5 Å². The molecule has 1 aliphatic rings. The summed E-state index contributed by atoms with van der Waals surface area (Å²) < 4.78 is 60.0. The first kappa shape index (κ1) is 26.0. The SMILES string of the molecule is CCCS(=O)(=O)c1cc([C@@H]2CC[C@@H](c3cc(OC)c(OC)c(OC)c3)O2)cc(OC)c1OCC. The van der Waals surface area contributed by atoms with Crippen LogP contribution in [0.4, 0.5) is 0 Å². The third-order valence-corrected chi connectivity index (χ3v) is 7.73. The van der Waals surface area contributed by atoms with Crippen LogP contribution in [-0.2, 0) is 14.6 Å². The summed E-state index contributed by atoms with van der Waals surface area (Å²) in [6, 6.07) is 7.23. The van der Waals surface area contributed by atoms with Crippen molar-refractivity contribution in [3.05, 3.63) is 35.4 Å². The second-order valence-electron chi connectivity index (χ2n) is 7.95. The van der Waals surface area contributed by atoms with Crippen LogP contribution in [0.25, 0.3) is 0 Å². The maximum absolute atomic E-state index is 13.0. The van der Waals surface area contributed by atoms with Gasteiger partial charge in [0, 0.05) is 0 Å². The van der Waals surface area contributed by atoms with Crippen molar-refractivity contribution >= 4 is 9.84 Å². The molecular formula is C25H34O8S. The molecule has 3 rings (SSSR count). The van der Waals surface area contributed by atoms with E-state index in [9.17, 15) is 8.42 Å². The largest absolute Gasteiger partial charge is 0.493 e. The maximum atomic E-state index is 13.0. The lowest BCUT2D eigenvalue weighted by Gasteiger charge is -2.20. The Morgan fingerprint density at radius 3 is 1.74 bits per heavy atom. The summed E-state index contributed by atoms with van der Waals surface area (Å²) in [4.78, 5) is 0.144. The molecule has 2 atom stereocenters. The Morgan fingerprint density at radius 1 is 0.794 bits per heavy atom. The minimum absolute atomic E-state index is 0.0271. The first-order valence-electron chi connectivity index (χ1n) is 11.4. The first-order chi connectivity index (χ1) is 16.3. The molecule has 0 aromatic heterocycles. The number of sulfone groups is 1. The average Bonchev–Trinajstić information content (AvgIpc) is 3.33. The number of hydrogen-bond donors (Lipinski definition) is 0. The fourth-order valence-electron chi connectivity index (χ4n) is 4.25. The molecule has 2 aromatic rings. The molecule has 0 saturated carbocycles. The van der Waals surface area contributed by atoms with Crippen LogP contribution in [0.5, 0.6) is 28.7 Å². The molecule has 0 radical (unpaired) electrons. The van der Waals surface area contributed by atoms with Gasteiger partial charge in [0.25, 0.3) is 0 Å². The highest BCUT2D eigenvalue weighted by atomic mass is 32.2. The Bertz CT molecular complexity index is 1070. The predicted octanol–water partition coefficient (Wildman–Crippen LogP) is 4.90. The second kappa shape index (κ2) is 11.2. The third kappa shape index (κ3) is 5.20. The van der Waals surface area contributed by atoms with Crippen LogP contribution >= 0.6 is 0 Å². The van der Waals surface area contributed by atoms with E-state index in [2.05, 4.69) is 0 Å². The normalized spacial score (nSPS) is 17.9. The number of benzene rings is 2. The van der Waals surface area contributed by atoms with E-state index in [1.54, 1.807) is 33.5 Å². The van der Waals surface area contributed by atoms with Crippen molar-refractivity contribution in [1.82, 2.24) is 0 Å². The lowest BCUT2D eigenvalue weighted by molar-refractivity contribution is 0.0435. The van der Waals surface area contributed by atoms with Gasteiger partial charge in [0.2, 0.25) is 5.75 Å². The van der Waals surface area contributed by atoms with Crippen LogP contribution in [-0.4, -0.2) is 49.2 Å². The molecule has 1 fully saturated rings. The van der Waals surface area contributed by atoms with Gasteiger partial charge in [0.1, 0.15) is 4.90 Å². The highest BCUT2D eigenvalue weighted by Crippen LogP contribution is 2.48. The molecule has 1 aliphatic heterocycles. The molecule has 0 amide bonds. The van der Waals surface area contributed by atoms with Crippen molar-refractivity contribution in [2.75, 3.05) is 40.8 Å². The summed E-state index contributed by atoms with van der Waals surface area (Å²) in [6.07, 6.45) is 1.45. The Kier molecular flexibility index (Phi) is 8.54. The van der Waals surface area contributed by atoms with Crippen molar-refractivity contribution in [2.24, 2.45) is 0 Å². The molecule has 9 heteroatoms. The van der Waals surface area contributed by atoms with E-state index in [-0.39, 0.29) is 28.6 Å². The average molecular weight is 495 g/mol. The van der Waals surface area contributed by atoms with Gasteiger partial charge < -0.3 is 28.4 Å². The minimum atomic E-state index is -3.55. The van der Waals surface area contributed by atoms with E-state index in [0.29, 0.717) is 42.4 Å². The fraction of sp³-hybridized carbons (Fsp3) is 0.520. The monoisotopic (exact) mass is 494 g/mol. The van der Waals surface area contributed by atoms with E-state index in [1.807, 2.05) is 26.0 Å². The number of ether oxygens (including phenoxy) is 6. The first-order valence-corrected chi connectivity index (χ1v) is 13.0. The summed E-state index contributed by atoms with van der Waals surface area (Å²) >= 11 is 0. The molecule has 1 heterocycles. The molecule has 34 heavy (non-hydrogen) atoms. The molecule has 0 bridgehead atoms. The van der Waals surface area contributed by atoms with Crippen LogP contribution in [0.1, 0.15) is 56.4 Å². The van der Waals surface area contributed by atoms with Crippen LogP contribution in [0.15, 0.2) is 29.2 Å². The van der Waals surface area contributed by atoms with Crippen molar-refractivity contribution in [2.45, 2.75) is 50.2 Å². The molecule has 1 saturated heterocycles. The van der Waals surface area contributed by atoms with Gasteiger partial charge in [-0.2, -0.15) is 0 Å². The van der Waals surface area contributed by atoms with Crippen LogP contribution < -0.4 is 23.7 Å². The lowest BCUT2D eigenvalue weighted by Crippen LogP contribution is -2.11. The zero-order valence-corrected chi connectivity index (χ0v) is 21.5. The summed E-state index contributed by atoms with van der Waals surface area (Å²) in [5.41, 5.74) is 1.64. The van der Waals surface area contributed by atoms with Crippen molar-refractivity contribution in [3.8, 4) is 28.7 Å². The molecular weight excluding hydrogens is 460 g/mol. The Morgan fingerprint density at radius 2 is 1.29 bits per heavy atom. The van der Waals surface area contributed by atoms with Gasteiger partial charge in [-0.3, -0.25) is 0 Å². The molecule has 0 N–H and O–H groups in total. The molecule has 0 aliphatic carbocycles. The van der Waals surface area contributed by atoms with Gasteiger partial charge in [-0.05, 0) is 61.6 Å². The summed E-state index contributed by atoms with van der Waals surface area (Å²) in [5.74, 6) is 2.29. The molecule has 188 valence electrons. The Hall–Kier alpha value is -2.65. The number of hydrogen-bond acceptors (Lipinski definition) is 8. The van der Waals surface area contributed by atoms with E-state index in [1.165, 1.54) is 7.11 Å². The Balaban J connectivity index is 1.98. The van der Waals surface area contributed by atoms with Crippen LogP contribution in [0.3, 0.4) is 0 Å². The fourth-order valence-corrected chi connectivity index (χ4v) is 5.76. The van der Waals surface area contributed by atoms with Gasteiger partial charge in [0.05, 0.1) is 53.0 Å². The van der Waals surface area contributed by atoms with E-state index < -0.39 is 9.84 Å². The second-order valence-corrected chi connectivity index (χ2v) is 10.0. The maximum Gasteiger partial charge on any atom is 0.203 e. The lowest BCUT2D eigenvalue weighted by atomic mass is 10.0. The molecule has 0 unspecified atom stereocenters. The summed E-state index contributed by atoms with van der Waals surface area (Å²) in [6.45, 7) is 3.97. The van der Waals surface area contributed by atoms with Gasteiger partial charge >= 0.3 is 0 Å². The van der Waals surface area contributed by atoms with Crippen LogP contribution in [0, 0.1) is 0 Å². The van der Waals surface area contributed by atoms with Crippen molar-refractivity contribution in [1.29, 1.82) is 0 Å². The predicted molar refractivity (Wildman–Crippen MR) is 128 cm³/mol.